The monoisotopic (exact) mass is 387 g/mol. The molecule has 1 N–H and O–H groups in total. The van der Waals surface area contributed by atoms with Gasteiger partial charge in [0.2, 0.25) is 5.91 Å². The van der Waals surface area contributed by atoms with Crippen molar-refractivity contribution in [3.05, 3.63) is 34.3 Å². The minimum Gasteiger partial charge on any atom is -0.497 e. The third-order valence-electron chi connectivity index (χ3n) is 4.84. The molecule has 1 aromatic carbocycles. The molecule has 0 radical (unpaired) electrons. The Morgan fingerprint density at radius 1 is 1.26 bits per heavy atom. The van der Waals surface area contributed by atoms with E-state index >= 15 is 0 Å². The maximum Gasteiger partial charge on any atom is 0.257 e. The Morgan fingerprint density at radius 2 is 2.07 bits per heavy atom. The highest BCUT2D eigenvalue weighted by molar-refractivity contribution is 7.15. The fourth-order valence-corrected chi connectivity index (χ4v) is 4.15. The van der Waals surface area contributed by atoms with Crippen molar-refractivity contribution >= 4 is 28.3 Å². The van der Waals surface area contributed by atoms with Crippen molar-refractivity contribution in [3.8, 4) is 11.5 Å². The molecule has 0 atom stereocenters. The quantitative estimate of drug-likeness (QED) is 0.853. The lowest BCUT2D eigenvalue weighted by molar-refractivity contribution is -0.117. The van der Waals surface area contributed by atoms with Crippen LogP contribution < -0.4 is 14.8 Å². The summed E-state index contributed by atoms with van der Waals surface area (Å²) >= 11 is 1.45. The number of hydrogen-bond acceptors (Lipinski definition) is 6. The average molecular weight is 387 g/mol. The van der Waals surface area contributed by atoms with Gasteiger partial charge in [-0.05, 0) is 25.0 Å². The highest BCUT2D eigenvalue weighted by Gasteiger charge is 2.31. The molecule has 1 aromatic heterocycles. The van der Waals surface area contributed by atoms with Crippen LogP contribution in [0.1, 0.15) is 33.8 Å². The first-order chi connectivity index (χ1) is 13.1. The number of carbonyl (C=O) groups is 2. The molecule has 2 aromatic rings. The number of aromatic nitrogens is 1. The maximum absolute atomic E-state index is 13.0. The third-order valence-corrected chi connectivity index (χ3v) is 5.83. The second kappa shape index (κ2) is 7.19. The summed E-state index contributed by atoms with van der Waals surface area (Å²) in [4.78, 5) is 32.3. The highest BCUT2D eigenvalue weighted by Crippen LogP contribution is 2.34. The number of amides is 2. The zero-order chi connectivity index (χ0) is 19.0. The number of methoxy groups -OCH3 is 2. The molecule has 0 spiro atoms. The van der Waals surface area contributed by atoms with Gasteiger partial charge in [0, 0.05) is 29.8 Å². The van der Waals surface area contributed by atoms with Gasteiger partial charge in [-0.2, -0.15) is 0 Å². The van der Waals surface area contributed by atoms with Gasteiger partial charge < -0.3 is 19.7 Å². The number of nitrogens with one attached hydrogen (secondary N) is 1. The van der Waals surface area contributed by atoms with Gasteiger partial charge in [0.25, 0.3) is 5.91 Å². The Bertz CT molecular complexity index is 891. The number of ether oxygens (including phenoxy) is 2. The summed E-state index contributed by atoms with van der Waals surface area (Å²) in [6.45, 7) is 1.07. The van der Waals surface area contributed by atoms with Crippen molar-refractivity contribution in [2.45, 2.75) is 25.8 Å². The number of nitrogens with zero attached hydrogens (tertiary/aromatic N) is 2. The van der Waals surface area contributed by atoms with Crippen LogP contribution >= 0.6 is 11.3 Å². The van der Waals surface area contributed by atoms with Crippen molar-refractivity contribution in [1.82, 2.24) is 9.88 Å². The third kappa shape index (κ3) is 3.62. The SMILES string of the molecule is COc1ccc(C(=O)N2CCc3nc(NC(=O)C4CC4)sc3C2)c(OC)c1. The number of rotatable bonds is 5. The Hall–Kier alpha value is -2.61. The predicted molar refractivity (Wildman–Crippen MR) is 101 cm³/mol. The van der Waals surface area contributed by atoms with E-state index in [0.717, 1.165) is 23.4 Å². The molecule has 2 aliphatic rings. The second-order valence-corrected chi connectivity index (χ2v) is 7.78. The van der Waals surface area contributed by atoms with Gasteiger partial charge in [0.15, 0.2) is 5.13 Å². The molecule has 4 rings (SSSR count). The normalized spacial score (nSPS) is 15.9. The van der Waals surface area contributed by atoms with E-state index in [2.05, 4.69) is 10.3 Å². The van der Waals surface area contributed by atoms with Crippen LogP contribution in [-0.4, -0.2) is 42.5 Å². The number of anilines is 1. The maximum atomic E-state index is 13.0. The standard InChI is InChI=1S/C19H21N3O4S/c1-25-12-5-6-13(15(9-12)26-2)18(24)22-8-7-14-16(10-22)27-19(20-14)21-17(23)11-3-4-11/h5-6,9,11H,3-4,7-8,10H2,1-2H3,(H,20,21,23). The number of thiazole rings is 1. The van der Waals surface area contributed by atoms with E-state index in [1.807, 2.05) is 0 Å². The summed E-state index contributed by atoms with van der Waals surface area (Å²) in [5, 5.41) is 3.53. The molecule has 27 heavy (non-hydrogen) atoms. The first kappa shape index (κ1) is 17.8. The molecule has 1 aliphatic carbocycles. The van der Waals surface area contributed by atoms with Crippen LogP contribution in [-0.2, 0) is 17.8 Å². The average Bonchev–Trinajstić information content (AvgIpc) is 3.47. The molecule has 1 saturated carbocycles. The molecule has 1 aliphatic heterocycles. The molecule has 8 heteroatoms. The molecule has 2 heterocycles. The molecule has 0 unspecified atom stereocenters. The minimum absolute atomic E-state index is 0.0528. The summed E-state index contributed by atoms with van der Waals surface area (Å²) in [6, 6.07) is 5.19. The fraction of sp³-hybridized carbons (Fsp3) is 0.421. The summed E-state index contributed by atoms with van der Waals surface area (Å²) in [5.41, 5.74) is 1.48. The van der Waals surface area contributed by atoms with Crippen LogP contribution in [0.2, 0.25) is 0 Å². The molecule has 0 saturated heterocycles. The van der Waals surface area contributed by atoms with Crippen LogP contribution in [0.3, 0.4) is 0 Å². The lowest BCUT2D eigenvalue weighted by atomic mass is 10.1. The minimum atomic E-state index is -0.0860. The smallest absolute Gasteiger partial charge is 0.257 e. The molecule has 1 fully saturated rings. The molecule has 0 bridgehead atoms. The Labute approximate surface area is 161 Å². The molecular weight excluding hydrogens is 366 g/mol. The summed E-state index contributed by atoms with van der Waals surface area (Å²) < 4.78 is 10.6. The van der Waals surface area contributed by atoms with E-state index in [1.165, 1.54) is 18.4 Å². The Balaban J connectivity index is 1.49. The predicted octanol–water partition coefficient (Wildman–Crippen LogP) is 2.71. The van der Waals surface area contributed by atoms with E-state index in [9.17, 15) is 9.59 Å². The lowest BCUT2D eigenvalue weighted by Gasteiger charge is -2.26. The zero-order valence-electron chi connectivity index (χ0n) is 15.3. The van der Waals surface area contributed by atoms with Crippen LogP contribution in [0.5, 0.6) is 11.5 Å². The Kier molecular flexibility index (Phi) is 4.73. The molecule has 7 nitrogen and oxygen atoms in total. The number of benzene rings is 1. The molecule has 142 valence electrons. The number of carbonyl (C=O) groups excluding carboxylic acids is 2. The van der Waals surface area contributed by atoms with E-state index in [4.69, 9.17) is 9.47 Å². The second-order valence-electron chi connectivity index (χ2n) is 6.70. The first-order valence-corrected chi connectivity index (χ1v) is 9.71. The van der Waals surface area contributed by atoms with E-state index in [0.29, 0.717) is 41.7 Å². The molecule has 2 amide bonds. The van der Waals surface area contributed by atoms with E-state index in [-0.39, 0.29) is 17.7 Å². The summed E-state index contributed by atoms with van der Waals surface area (Å²) in [6.07, 6.45) is 2.60. The number of fused-ring (bicyclic) bond motifs is 1. The van der Waals surface area contributed by atoms with Crippen molar-refractivity contribution in [2.75, 3.05) is 26.1 Å². The molecular formula is C19H21N3O4S. The van der Waals surface area contributed by atoms with Gasteiger partial charge in [-0.15, -0.1) is 0 Å². The van der Waals surface area contributed by atoms with E-state index < -0.39 is 0 Å². The zero-order valence-corrected chi connectivity index (χ0v) is 16.1. The van der Waals surface area contributed by atoms with Crippen LogP contribution in [0, 0.1) is 5.92 Å². The van der Waals surface area contributed by atoms with E-state index in [1.54, 1.807) is 30.2 Å². The van der Waals surface area contributed by atoms with Gasteiger partial charge in [0.1, 0.15) is 11.5 Å². The van der Waals surface area contributed by atoms with Gasteiger partial charge in [-0.1, -0.05) is 11.3 Å². The van der Waals surface area contributed by atoms with Crippen molar-refractivity contribution in [3.63, 3.8) is 0 Å². The van der Waals surface area contributed by atoms with Gasteiger partial charge in [-0.25, -0.2) is 4.98 Å². The van der Waals surface area contributed by atoms with Crippen molar-refractivity contribution in [1.29, 1.82) is 0 Å². The van der Waals surface area contributed by atoms with Crippen molar-refractivity contribution in [2.24, 2.45) is 5.92 Å². The largest absolute Gasteiger partial charge is 0.497 e. The van der Waals surface area contributed by atoms with Crippen molar-refractivity contribution < 1.29 is 19.1 Å². The topological polar surface area (TPSA) is 80.8 Å². The fourth-order valence-electron chi connectivity index (χ4n) is 3.12. The lowest BCUT2D eigenvalue weighted by Crippen LogP contribution is -2.35. The van der Waals surface area contributed by atoms with Gasteiger partial charge in [-0.3, -0.25) is 9.59 Å². The summed E-state index contributed by atoms with van der Waals surface area (Å²) in [5.74, 6) is 1.25. The Morgan fingerprint density at radius 3 is 2.78 bits per heavy atom. The first-order valence-electron chi connectivity index (χ1n) is 8.89. The van der Waals surface area contributed by atoms with Gasteiger partial charge >= 0.3 is 0 Å². The summed E-state index contributed by atoms with van der Waals surface area (Å²) in [7, 11) is 3.11. The van der Waals surface area contributed by atoms with Crippen LogP contribution in [0.4, 0.5) is 5.13 Å². The number of hydrogen-bond donors (Lipinski definition) is 1. The van der Waals surface area contributed by atoms with Crippen LogP contribution in [0.15, 0.2) is 18.2 Å². The highest BCUT2D eigenvalue weighted by atomic mass is 32.1. The van der Waals surface area contributed by atoms with Gasteiger partial charge in [0.05, 0.1) is 32.0 Å². The van der Waals surface area contributed by atoms with Crippen LogP contribution in [0.25, 0.3) is 0 Å².